The number of pyridine rings is 1. The van der Waals surface area contributed by atoms with Gasteiger partial charge in [0, 0.05) is 12.6 Å². The number of fused-ring (bicyclic) bond motifs is 1. The molecule has 0 saturated heterocycles. The maximum absolute atomic E-state index is 13.0. The highest BCUT2D eigenvalue weighted by Crippen LogP contribution is 2.32. The number of aromatic nitrogens is 3. The van der Waals surface area contributed by atoms with Crippen molar-refractivity contribution in [2.45, 2.75) is 6.18 Å². The van der Waals surface area contributed by atoms with E-state index < -0.39 is 23.6 Å². The summed E-state index contributed by atoms with van der Waals surface area (Å²) in [6.07, 6.45) is -3.08. The second kappa shape index (κ2) is 7.29. The van der Waals surface area contributed by atoms with Crippen LogP contribution in [0.3, 0.4) is 0 Å². The van der Waals surface area contributed by atoms with Crippen molar-refractivity contribution in [1.82, 2.24) is 20.1 Å². The van der Waals surface area contributed by atoms with Gasteiger partial charge < -0.3 is 10.1 Å². The third-order valence-electron chi connectivity index (χ3n) is 4.06. The number of halogens is 3. The molecule has 2 heterocycles. The topological polar surface area (TPSA) is 86.1 Å². The number of alkyl halides is 3. The zero-order valence-corrected chi connectivity index (χ0v) is 14.9. The van der Waals surface area contributed by atoms with Crippen molar-refractivity contribution in [3.05, 3.63) is 47.7 Å². The molecule has 0 atom stereocenters. The van der Waals surface area contributed by atoms with E-state index in [2.05, 4.69) is 20.1 Å². The second-order valence-corrected chi connectivity index (χ2v) is 5.90. The fourth-order valence-corrected chi connectivity index (χ4v) is 2.62. The van der Waals surface area contributed by atoms with Gasteiger partial charge in [0.1, 0.15) is 6.54 Å². The highest BCUT2D eigenvalue weighted by Gasteiger charge is 2.30. The van der Waals surface area contributed by atoms with Crippen LogP contribution in [0.5, 0.6) is 0 Å². The number of benzene rings is 1. The van der Waals surface area contributed by atoms with Crippen LogP contribution in [-0.2, 0) is 22.8 Å². The molecule has 0 unspecified atom stereocenters. The van der Waals surface area contributed by atoms with E-state index in [1.165, 1.54) is 36.2 Å². The molecule has 7 nitrogen and oxygen atoms in total. The van der Waals surface area contributed by atoms with E-state index in [1.807, 2.05) is 0 Å². The van der Waals surface area contributed by atoms with Gasteiger partial charge in [-0.15, -0.1) is 0 Å². The maximum Gasteiger partial charge on any atom is 0.416 e. The van der Waals surface area contributed by atoms with Crippen LogP contribution in [0, 0.1) is 0 Å². The minimum Gasteiger partial charge on any atom is -0.468 e. The average molecular weight is 392 g/mol. The summed E-state index contributed by atoms with van der Waals surface area (Å²) in [7, 11) is 2.79. The van der Waals surface area contributed by atoms with E-state index in [0.29, 0.717) is 11.0 Å². The molecular formula is C18H15F3N4O3. The zero-order valence-electron chi connectivity index (χ0n) is 14.9. The maximum atomic E-state index is 13.0. The molecule has 28 heavy (non-hydrogen) atoms. The number of ether oxygens (including phenoxy) is 1. The largest absolute Gasteiger partial charge is 0.468 e. The number of methoxy groups -OCH3 is 1. The summed E-state index contributed by atoms with van der Waals surface area (Å²) in [6.45, 7) is -0.349. The Morgan fingerprint density at radius 1 is 1.25 bits per heavy atom. The normalized spacial score (nSPS) is 11.5. The van der Waals surface area contributed by atoms with Crippen LogP contribution in [0.2, 0.25) is 0 Å². The lowest BCUT2D eigenvalue weighted by atomic mass is 10.0. The number of amides is 1. The lowest BCUT2D eigenvalue weighted by Gasteiger charge is -2.11. The second-order valence-electron chi connectivity index (χ2n) is 5.90. The summed E-state index contributed by atoms with van der Waals surface area (Å²) in [6, 6.07) is 6.02. The molecule has 3 aromatic rings. The Morgan fingerprint density at radius 2 is 2.00 bits per heavy atom. The van der Waals surface area contributed by atoms with Crippen molar-refractivity contribution in [2.75, 3.05) is 13.7 Å². The Bertz CT molecular complexity index is 1060. The van der Waals surface area contributed by atoms with Gasteiger partial charge in [-0.25, -0.2) is 4.98 Å². The number of nitrogens with zero attached hydrogens (tertiary/aromatic N) is 3. The molecule has 0 spiro atoms. The fourth-order valence-electron chi connectivity index (χ4n) is 2.62. The van der Waals surface area contributed by atoms with Crippen molar-refractivity contribution in [1.29, 1.82) is 0 Å². The van der Waals surface area contributed by atoms with Crippen LogP contribution in [0.4, 0.5) is 13.2 Å². The van der Waals surface area contributed by atoms with Gasteiger partial charge in [-0.05, 0) is 18.2 Å². The lowest BCUT2D eigenvalue weighted by Crippen LogP contribution is -2.30. The predicted molar refractivity (Wildman–Crippen MR) is 93.3 cm³/mol. The van der Waals surface area contributed by atoms with Crippen LogP contribution in [0.1, 0.15) is 15.9 Å². The van der Waals surface area contributed by atoms with E-state index in [0.717, 1.165) is 12.1 Å². The molecular weight excluding hydrogens is 377 g/mol. The molecule has 0 aliphatic carbocycles. The molecule has 0 fully saturated rings. The molecule has 0 aliphatic rings. The van der Waals surface area contributed by atoms with Crippen LogP contribution in [-0.4, -0.2) is 40.3 Å². The Balaban J connectivity index is 2.09. The summed E-state index contributed by atoms with van der Waals surface area (Å²) in [5, 5.41) is 6.85. The number of rotatable bonds is 4. The molecule has 1 aromatic carbocycles. The van der Waals surface area contributed by atoms with Gasteiger partial charge in [-0.3, -0.25) is 14.3 Å². The monoisotopic (exact) mass is 392 g/mol. The molecule has 0 saturated carbocycles. The highest BCUT2D eigenvalue weighted by molar-refractivity contribution is 6.07. The first-order valence-corrected chi connectivity index (χ1v) is 8.06. The summed E-state index contributed by atoms with van der Waals surface area (Å²) in [5.74, 6) is -1.23. The van der Waals surface area contributed by atoms with Gasteiger partial charge in [-0.1, -0.05) is 12.1 Å². The van der Waals surface area contributed by atoms with Gasteiger partial charge in [-0.2, -0.15) is 18.3 Å². The molecule has 10 heteroatoms. The third-order valence-corrected chi connectivity index (χ3v) is 4.06. The van der Waals surface area contributed by atoms with Gasteiger partial charge >= 0.3 is 12.1 Å². The Morgan fingerprint density at radius 3 is 2.68 bits per heavy atom. The first-order valence-electron chi connectivity index (χ1n) is 8.06. The number of esters is 1. The molecule has 146 valence electrons. The number of hydrogen-bond donors (Lipinski definition) is 1. The standard InChI is InChI=1S/C18H15F3N4O3/c1-25-16-13(8-23-25)12(17(27)22-9-15(26)28-2)7-14(24-16)10-4-3-5-11(6-10)18(19,20)21/h3-8H,9H2,1-2H3,(H,22,27). The molecule has 0 bridgehead atoms. The SMILES string of the molecule is COC(=O)CNC(=O)c1cc(-c2cccc(C(F)(F)F)c2)nc2c1cnn2C. The number of hydrogen-bond acceptors (Lipinski definition) is 5. The Hall–Kier alpha value is -3.43. The summed E-state index contributed by atoms with van der Waals surface area (Å²) >= 11 is 0. The van der Waals surface area contributed by atoms with Gasteiger partial charge in [0.15, 0.2) is 5.65 Å². The number of aryl methyl sites for hydroxylation is 1. The molecule has 2 aromatic heterocycles. The average Bonchev–Trinajstić information content (AvgIpc) is 3.05. The molecule has 3 rings (SSSR count). The van der Waals surface area contributed by atoms with Crippen molar-refractivity contribution >= 4 is 22.9 Å². The minimum absolute atomic E-state index is 0.134. The van der Waals surface area contributed by atoms with E-state index in [1.54, 1.807) is 7.05 Å². The van der Waals surface area contributed by atoms with Gasteiger partial charge in [0.2, 0.25) is 0 Å². The smallest absolute Gasteiger partial charge is 0.416 e. The zero-order chi connectivity index (χ0) is 20.5. The lowest BCUT2D eigenvalue weighted by molar-refractivity contribution is -0.139. The van der Waals surface area contributed by atoms with Crippen LogP contribution in [0.15, 0.2) is 36.5 Å². The van der Waals surface area contributed by atoms with Gasteiger partial charge in [0.05, 0.1) is 35.5 Å². The Kier molecular flexibility index (Phi) is 5.04. The van der Waals surface area contributed by atoms with E-state index in [4.69, 9.17) is 0 Å². The number of nitrogens with one attached hydrogen (secondary N) is 1. The first kappa shape index (κ1) is 19.3. The highest BCUT2D eigenvalue weighted by atomic mass is 19.4. The summed E-state index contributed by atoms with van der Waals surface area (Å²) < 4.78 is 45.0. The summed E-state index contributed by atoms with van der Waals surface area (Å²) in [4.78, 5) is 28.1. The number of carbonyl (C=O) groups excluding carboxylic acids is 2. The quantitative estimate of drug-likeness (QED) is 0.690. The molecule has 0 aliphatic heterocycles. The number of carbonyl (C=O) groups is 2. The predicted octanol–water partition coefficient (Wildman–Crippen LogP) is 2.56. The van der Waals surface area contributed by atoms with Crippen molar-refractivity contribution in [3.8, 4) is 11.3 Å². The summed E-state index contributed by atoms with van der Waals surface area (Å²) in [5.41, 5.74) is -0.00787. The van der Waals surface area contributed by atoms with Crippen LogP contribution < -0.4 is 5.32 Å². The fraction of sp³-hybridized carbons (Fsp3) is 0.222. The van der Waals surface area contributed by atoms with Crippen LogP contribution in [0.25, 0.3) is 22.3 Å². The Labute approximate surface area is 157 Å². The first-order chi connectivity index (χ1) is 13.2. The van der Waals surface area contributed by atoms with Crippen molar-refractivity contribution < 1.29 is 27.5 Å². The minimum atomic E-state index is -4.51. The van der Waals surface area contributed by atoms with Crippen molar-refractivity contribution in [2.24, 2.45) is 7.05 Å². The van der Waals surface area contributed by atoms with Crippen molar-refractivity contribution in [3.63, 3.8) is 0 Å². The third kappa shape index (κ3) is 3.80. The van der Waals surface area contributed by atoms with Crippen LogP contribution >= 0.6 is 0 Å². The van der Waals surface area contributed by atoms with Gasteiger partial charge in [0.25, 0.3) is 5.91 Å². The van der Waals surface area contributed by atoms with E-state index in [-0.39, 0.29) is 23.4 Å². The van der Waals surface area contributed by atoms with E-state index in [9.17, 15) is 22.8 Å². The molecule has 1 amide bonds. The molecule has 1 N–H and O–H groups in total. The molecule has 0 radical (unpaired) electrons. The van der Waals surface area contributed by atoms with E-state index >= 15 is 0 Å².